The van der Waals surface area contributed by atoms with E-state index >= 15 is 0 Å². The van der Waals surface area contributed by atoms with Crippen molar-refractivity contribution in [2.45, 2.75) is 61.7 Å². The number of rotatable bonds is 3. The second kappa shape index (κ2) is 11.8. The van der Waals surface area contributed by atoms with Crippen molar-refractivity contribution in [2.75, 3.05) is 4.90 Å². The Bertz CT molecular complexity index is 2340. The Morgan fingerprint density at radius 1 is 0.712 bits per heavy atom. The molecule has 1 saturated heterocycles. The number of para-hydroxylation sites is 1. The predicted octanol–water partition coefficient (Wildman–Crippen LogP) is 11.7. The van der Waals surface area contributed by atoms with Gasteiger partial charge in [0.15, 0.2) is 0 Å². The van der Waals surface area contributed by atoms with E-state index in [0.29, 0.717) is 5.92 Å². The zero-order valence-electron chi connectivity index (χ0n) is 29.2. The minimum atomic E-state index is -0.462. The van der Waals surface area contributed by atoms with Crippen LogP contribution in [0.2, 0.25) is 0 Å². The summed E-state index contributed by atoms with van der Waals surface area (Å²) in [4.78, 5) is 2.55. The number of anilines is 1. The van der Waals surface area contributed by atoms with E-state index in [1.165, 1.54) is 50.3 Å². The maximum atomic E-state index is 7.29. The van der Waals surface area contributed by atoms with Gasteiger partial charge in [-0.3, -0.25) is 0 Å². The molecule has 3 heterocycles. The summed E-state index contributed by atoms with van der Waals surface area (Å²) in [6.45, 7) is 0. The maximum Gasteiger partial charge on any atom is 0.139 e. The molecule has 3 aliphatic heterocycles. The first-order valence-electron chi connectivity index (χ1n) is 19.2. The van der Waals surface area contributed by atoms with Gasteiger partial charge in [0.25, 0.3) is 0 Å². The summed E-state index contributed by atoms with van der Waals surface area (Å²) >= 11 is 0. The molecule has 0 aromatic heterocycles. The first-order valence-corrected chi connectivity index (χ1v) is 19.2. The third-order valence-electron chi connectivity index (χ3n) is 12.5. The van der Waals surface area contributed by atoms with Gasteiger partial charge in [0.1, 0.15) is 11.5 Å². The minimum absolute atomic E-state index is 0.0336. The van der Waals surface area contributed by atoms with Crippen molar-refractivity contribution < 1.29 is 9.47 Å². The van der Waals surface area contributed by atoms with E-state index in [1.807, 2.05) is 0 Å². The highest BCUT2D eigenvalue weighted by Crippen LogP contribution is 2.64. The third kappa shape index (κ3) is 4.29. The fourth-order valence-corrected chi connectivity index (χ4v) is 10.4. The SMILES string of the molecule is C1=CC2OC3CCCC=C3C3(c4cccc(-c5ccc6c(c5)C5C=CC=CC5N6C5=CCCC=C5)c4Oc4cccc(-c5ccccc5)c43)C2C=C1. The van der Waals surface area contributed by atoms with E-state index in [-0.39, 0.29) is 24.2 Å². The van der Waals surface area contributed by atoms with Gasteiger partial charge in [-0.2, -0.15) is 0 Å². The van der Waals surface area contributed by atoms with Gasteiger partial charge >= 0.3 is 0 Å². The molecule has 0 bridgehead atoms. The molecule has 1 fully saturated rings. The lowest BCUT2D eigenvalue weighted by molar-refractivity contribution is -0.0453. The fraction of sp³-hybridized carbons (Fsp3) is 0.224. The summed E-state index contributed by atoms with van der Waals surface area (Å²) in [6, 6.07) is 31.8. The summed E-state index contributed by atoms with van der Waals surface area (Å²) in [6.07, 6.45) is 33.3. The largest absolute Gasteiger partial charge is 0.456 e. The number of hydrogen-bond acceptors (Lipinski definition) is 3. The van der Waals surface area contributed by atoms with Crippen molar-refractivity contribution in [1.29, 1.82) is 0 Å². The summed E-state index contributed by atoms with van der Waals surface area (Å²) in [7, 11) is 0. The number of nitrogens with zero attached hydrogens (tertiary/aromatic N) is 1. The van der Waals surface area contributed by atoms with Crippen LogP contribution in [0, 0.1) is 5.92 Å². The van der Waals surface area contributed by atoms with Crippen molar-refractivity contribution in [3.8, 4) is 33.8 Å². The van der Waals surface area contributed by atoms with Crippen LogP contribution in [-0.4, -0.2) is 18.2 Å². The zero-order chi connectivity index (χ0) is 34.2. The summed E-state index contributed by atoms with van der Waals surface area (Å²) < 4.78 is 14.3. The van der Waals surface area contributed by atoms with Crippen LogP contribution >= 0.6 is 0 Å². The Morgan fingerprint density at radius 2 is 1.58 bits per heavy atom. The minimum Gasteiger partial charge on any atom is -0.456 e. The molecule has 0 N–H and O–H groups in total. The molecule has 0 radical (unpaired) electrons. The van der Waals surface area contributed by atoms with E-state index in [2.05, 4.69) is 163 Å². The second-order valence-electron chi connectivity index (χ2n) is 15.2. The molecule has 4 aromatic rings. The van der Waals surface area contributed by atoms with Crippen molar-refractivity contribution in [1.82, 2.24) is 0 Å². The summed E-state index contributed by atoms with van der Waals surface area (Å²) in [5.74, 6) is 2.28. The second-order valence-corrected chi connectivity index (χ2v) is 15.2. The zero-order valence-corrected chi connectivity index (χ0v) is 29.2. The highest BCUT2D eigenvalue weighted by molar-refractivity contribution is 5.85. The van der Waals surface area contributed by atoms with Gasteiger partial charge in [-0.25, -0.2) is 0 Å². The van der Waals surface area contributed by atoms with Crippen molar-refractivity contribution in [3.63, 3.8) is 0 Å². The normalized spacial score (nSPS) is 28.5. The molecule has 3 heteroatoms. The molecule has 6 atom stereocenters. The topological polar surface area (TPSA) is 21.7 Å². The van der Waals surface area contributed by atoms with Crippen molar-refractivity contribution in [3.05, 3.63) is 186 Å². The number of ether oxygens (including phenoxy) is 2. The van der Waals surface area contributed by atoms with E-state index < -0.39 is 5.41 Å². The van der Waals surface area contributed by atoms with Gasteiger partial charge in [0.2, 0.25) is 0 Å². The van der Waals surface area contributed by atoms with Crippen molar-refractivity contribution in [2.24, 2.45) is 5.92 Å². The number of benzene rings is 4. The first kappa shape index (κ1) is 30.3. The lowest BCUT2D eigenvalue weighted by Crippen LogP contribution is -2.55. The lowest BCUT2D eigenvalue weighted by Gasteiger charge is -2.56. The average Bonchev–Trinajstić information content (AvgIpc) is 3.55. The molecule has 0 amide bonds. The monoisotopic (exact) mass is 675 g/mol. The number of fused-ring (bicyclic) bond motifs is 11. The highest BCUT2D eigenvalue weighted by Gasteiger charge is 2.58. The maximum absolute atomic E-state index is 7.29. The third-order valence-corrected chi connectivity index (χ3v) is 12.5. The first-order chi connectivity index (χ1) is 25.8. The van der Waals surface area contributed by atoms with Crippen LogP contribution in [0.4, 0.5) is 5.69 Å². The standard InChI is InChI=1S/C49H41NO2/c1-3-15-32(16-4-1)35-20-14-28-46-47(35)49(39-22-8-11-26-44(39)51-45-27-12-9-23-40(45)49)41-24-13-21-36(48(41)52-46)33-29-30-43-38(31-33)37-19-7-10-25-42(37)50(43)34-17-5-2-6-18-34/h1,3-5,7-8,10-11,13-26,28-31,37,39,42,44-45H,2,6,9,12,27H2. The van der Waals surface area contributed by atoms with Crippen molar-refractivity contribution >= 4 is 5.69 Å². The molecule has 11 rings (SSSR count). The van der Waals surface area contributed by atoms with Crippen LogP contribution in [0.15, 0.2) is 169 Å². The molecule has 4 aromatic carbocycles. The van der Waals surface area contributed by atoms with E-state index in [1.54, 1.807) is 0 Å². The van der Waals surface area contributed by atoms with E-state index in [0.717, 1.165) is 49.2 Å². The van der Waals surface area contributed by atoms with Gasteiger partial charge in [-0.1, -0.05) is 134 Å². The molecule has 7 aliphatic rings. The number of allylic oxidation sites excluding steroid dienone is 8. The molecule has 3 nitrogen and oxygen atoms in total. The molecule has 0 saturated carbocycles. The molecule has 254 valence electrons. The van der Waals surface area contributed by atoms with E-state index in [9.17, 15) is 0 Å². The fourth-order valence-electron chi connectivity index (χ4n) is 10.4. The molecule has 52 heavy (non-hydrogen) atoms. The van der Waals surface area contributed by atoms with Gasteiger partial charge in [0, 0.05) is 39.9 Å². The Morgan fingerprint density at radius 3 is 2.50 bits per heavy atom. The van der Waals surface area contributed by atoms with Crippen LogP contribution in [0.5, 0.6) is 11.5 Å². The van der Waals surface area contributed by atoms with Gasteiger partial charge in [-0.15, -0.1) is 0 Å². The van der Waals surface area contributed by atoms with Crippen LogP contribution in [-0.2, 0) is 10.2 Å². The molecule has 1 spiro atoms. The van der Waals surface area contributed by atoms with Gasteiger partial charge < -0.3 is 14.4 Å². The van der Waals surface area contributed by atoms with Crippen LogP contribution in [0.1, 0.15) is 54.7 Å². The van der Waals surface area contributed by atoms with Crippen LogP contribution < -0.4 is 9.64 Å². The molecular weight excluding hydrogens is 635 g/mol. The van der Waals surface area contributed by atoms with Crippen LogP contribution in [0.3, 0.4) is 0 Å². The van der Waals surface area contributed by atoms with E-state index in [4.69, 9.17) is 9.47 Å². The lowest BCUT2D eigenvalue weighted by atomic mass is 9.53. The average molecular weight is 676 g/mol. The quantitative estimate of drug-likeness (QED) is 0.202. The predicted molar refractivity (Wildman–Crippen MR) is 211 cm³/mol. The van der Waals surface area contributed by atoms with Crippen LogP contribution in [0.25, 0.3) is 22.3 Å². The highest BCUT2D eigenvalue weighted by atomic mass is 16.5. The molecule has 4 aliphatic carbocycles. The van der Waals surface area contributed by atoms with Gasteiger partial charge in [0.05, 0.1) is 23.7 Å². The Kier molecular flexibility index (Phi) is 6.89. The molecule has 6 unspecified atom stereocenters. The molecular formula is C49H41NO2. The summed E-state index contributed by atoms with van der Waals surface area (Å²) in [5, 5.41) is 0. The Labute approximate surface area is 306 Å². The number of hydrogen-bond donors (Lipinski definition) is 0. The van der Waals surface area contributed by atoms with Gasteiger partial charge in [-0.05, 0) is 84.2 Å². The Balaban J connectivity index is 1.15. The Hall–Kier alpha value is -5.38. The summed E-state index contributed by atoms with van der Waals surface area (Å²) in [5.41, 5.74) is 12.2. The smallest absolute Gasteiger partial charge is 0.139 e.